The highest BCUT2D eigenvalue weighted by Crippen LogP contribution is 2.30. The van der Waals surface area contributed by atoms with Gasteiger partial charge in [0.25, 0.3) is 0 Å². The van der Waals surface area contributed by atoms with Crippen LogP contribution in [0.25, 0.3) is 0 Å². The van der Waals surface area contributed by atoms with Gasteiger partial charge in [-0.2, -0.15) is 0 Å². The minimum atomic E-state index is 0.296. The topological polar surface area (TPSA) is 15.7 Å². The van der Waals surface area contributed by atoms with Crippen LogP contribution in [0.15, 0.2) is 11.4 Å². The monoisotopic (exact) mass is 280 g/mol. The number of fused-ring (bicyclic) bond motifs is 1. The van der Waals surface area contributed by atoms with Crippen molar-refractivity contribution in [1.29, 1.82) is 0 Å². The van der Waals surface area contributed by atoms with Crippen molar-refractivity contribution in [3.63, 3.8) is 0 Å². The van der Waals surface area contributed by atoms with Gasteiger partial charge in [-0.1, -0.05) is 0 Å². The standard InChI is InChI=1S/C15H24N2OS/c1-16-6-8-17(9-7-16)12-14-13-5-11-19-15(13)4-2-3-10-18-14/h5,11,14H,2-4,6-10,12H2,1H3. The summed E-state index contributed by atoms with van der Waals surface area (Å²) in [6.07, 6.45) is 4.02. The summed E-state index contributed by atoms with van der Waals surface area (Å²) in [4.78, 5) is 6.53. The molecule has 1 aromatic rings. The van der Waals surface area contributed by atoms with E-state index in [1.807, 2.05) is 11.3 Å². The van der Waals surface area contributed by atoms with Crippen LogP contribution < -0.4 is 0 Å². The first-order valence-electron chi connectivity index (χ1n) is 7.42. The highest BCUT2D eigenvalue weighted by atomic mass is 32.1. The highest BCUT2D eigenvalue weighted by molar-refractivity contribution is 7.10. The summed E-state index contributed by atoms with van der Waals surface area (Å²) in [6, 6.07) is 2.28. The fourth-order valence-electron chi connectivity index (χ4n) is 2.96. The number of piperazine rings is 1. The fraction of sp³-hybridized carbons (Fsp3) is 0.733. The number of likely N-dealkylation sites (N-methyl/N-ethyl adjacent to an activating group) is 1. The van der Waals surface area contributed by atoms with Gasteiger partial charge in [0.05, 0.1) is 6.10 Å². The Morgan fingerprint density at radius 3 is 2.95 bits per heavy atom. The van der Waals surface area contributed by atoms with E-state index in [2.05, 4.69) is 28.3 Å². The van der Waals surface area contributed by atoms with Crippen molar-refractivity contribution in [2.24, 2.45) is 0 Å². The summed E-state index contributed by atoms with van der Waals surface area (Å²) in [6.45, 7) is 6.71. The van der Waals surface area contributed by atoms with Crippen LogP contribution in [-0.2, 0) is 11.2 Å². The second kappa shape index (κ2) is 6.35. The van der Waals surface area contributed by atoms with E-state index in [0.29, 0.717) is 6.10 Å². The van der Waals surface area contributed by atoms with Gasteiger partial charge in [0, 0.05) is 44.2 Å². The zero-order valence-electron chi connectivity index (χ0n) is 11.8. The summed E-state index contributed by atoms with van der Waals surface area (Å²) in [7, 11) is 2.21. The van der Waals surface area contributed by atoms with Gasteiger partial charge in [-0.15, -0.1) is 11.3 Å². The van der Waals surface area contributed by atoms with Gasteiger partial charge in [-0.05, 0) is 43.3 Å². The van der Waals surface area contributed by atoms with Crippen LogP contribution >= 0.6 is 11.3 Å². The van der Waals surface area contributed by atoms with Gasteiger partial charge < -0.3 is 9.64 Å². The first kappa shape index (κ1) is 13.6. The molecule has 1 atom stereocenters. The molecule has 1 fully saturated rings. The molecule has 0 amide bonds. The first-order chi connectivity index (χ1) is 9.33. The second-order valence-corrected chi connectivity index (χ2v) is 6.72. The molecule has 19 heavy (non-hydrogen) atoms. The molecule has 0 bridgehead atoms. The predicted molar refractivity (Wildman–Crippen MR) is 79.9 cm³/mol. The van der Waals surface area contributed by atoms with Gasteiger partial charge in [-0.3, -0.25) is 4.90 Å². The number of hydrogen-bond donors (Lipinski definition) is 0. The van der Waals surface area contributed by atoms with Crippen LogP contribution in [0.1, 0.15) is 29.4 Å². The number of nitrogens with zero attached hydrogens (tertiary/aromatic N) is 2. The second-order valence-electron chi connectivity index (χ2n) is 5.72. The van der Waals surface area contributed by atoms with E-state index in [1.54, 1.807) is 4.88 Å². The molecule has 3 heterocycles. The van der Waals surface area contributed by atoms with E-state index < -0.39 is 0 Å². The van der Waals surface area contributed by atoms with Crippen molar-refractivity contribution in [1.82, 2.24) is 9.80 Å². The number of ether oxygens (including phenoxy) is 1. The van der Waals surface area contributed by atoms with Crippen molar-refractivity contribution in [3.05, 3.63) is 21.9 Å². The van der Waals surface area contributed by atoms with Gasteiger partial charge in [0.15, 0.2) is 0 Å². The molecule has 1 saturated heterocycles. The summed E-state index contributed by atoms with van der Waals surface area (Å²) in [5, 5.41) is 2.23. The minimum absolute atomic E-state index is 0.296. The van der Waals surface area contributed by atoms with E-state index in [1.165, 1.54) is 51.0 Å². The van der Waals surface area contributed by atoms with E-state index in [0.717, 1.165) is 13.2 Å². The Morgan fingerprint density at radius 1 is 1.26 bits per heavy atom. The van der Waals surface area contributed by atoms with E-state index in [9.17, 15) is 0 Å². The molecule has 1 unspecified atom stereocenters. The van der Waals surface area contributed by atoms with Crippen molar-refractivity contribution < 1.29 is 4.74 Å². The average molecular weight is 280 g/mol. The molecule has 3 nitrogen and oxygen atoms in total. The highest BCUT2D eigenvalue weighted by Gasteiger charge is 2.23. The maximum atomic E-state index is 6.15. The molecule has 0 radical (unpaired) electrons. The molecule has 0 aromatic carbocycles. The Bertz CT molecular complexity index is 399. The van der Waals surface area contributed by atoms with E-state index in [4.69, 9.17) is 4.74 Å². The largest absolute Gasteiger partial charge is 0.372 e. The van der Waals surface area contributed by atoms with Gasteiger partial charge in [-0.25, -0.2) is 0 Å². The predicted octanol–water partition coefficient (Wildman–Crippen LogP) is 2.39. The van der Waals surface area contributed by atoms with Crippen molar-refractivity contribution in [3.8, 4) is 0 Å². The Balaban J connectivity index is 1.67. The number of hydrogen-bond acceptors (Lipinski definition) is 4. The van der Waals surface area contributed by atoms with Crippen LogP contribution in [0.5, 0.6) is 0 Å². The lowest BCUT2D eigenvalue weighted by Gasteiger charge is -2.35. The summed E-state index contributed by atoms with van der Waals surface area (Å²) >= 11 is 1.91. The smallest absolute Gasteiger partial charge is 0.0962 e. The Labute approximate surface area is 120 Å². The average Bonchev–Trinajstić information content (AvgIpc) is 2.84. The molecule has 0 spiro atoms. The molecule has 0 N–H and O–H groups in total. The number of rotatable bonds is 2. The third-order valence-corrected chi connectivity index (χ3v) is 5.26. The summed E-state index contributed by atoms with van der Waals surface area (Å²) in [5.74, 6) is 0. The Morgan fingerprint density at radius 2 is 2.11 bits per heavy atom. The van der Waals surface area contributed by atoms with Gasteiger partial charge in [0.1, 0.15) is 0 Å². The van der Waals surface area contributed by atoms with Crippen LogP contribution in [0.4, 0.5) is 0 Å². The van der Waals surface area contributed by atoms with Crippen LogP contribution in [-0.4, -0.2) is 56.2 Å². The number of thiophene rings is 1. The van der Waals surface area contributed by atoms with E-state index >= 15 is 0 Å². The third-order valence-electron chi connectivity index (χ3n) is 4.26. The zero-order valence-corrected chi connectivity index (χ0v) is 12.6. The number of aryl methyl sites for hydroxylation is 1. The SMILES string of the molecule is CN1CCN(CC2OCCCCc3sccc32)CC1. The maximum absolute atomic E-state index is 6.15. The molecule has 0 aliphatic carbocycles. The zero-order chi connectivity index (χ0) is 13.1. The van der Waals surface area contributed by atoms with E-state index in [-0.39, 0.29) is 0 Å². The van der Waals surface area contributed by atoms with Gasteiger partial charge in [0.2, 0.25) is 0 Å². The fourth-order valence-corrected chi connectivity index (χ4v) is 3.94. The third kappa shape index (κ3) is 3.37. The first-order valence-corrected chi connectivity index (χ1v) is 8.29. The van der Waals surface area contributed by atoms with Crippen LogP contribution in [0.3, 0.4) is 0 Å². The quantitative estimate of drug-likeness (QED) is 0.827. The lowest BCUT2D eigenvalue weighted by atomic mass is 10.0. The van der Waals surface area contributed by atoms with Gasteiger partial charge >= 0.3 is 0 Å². The Kier molecular flexibility index (Phi) is 4.53. The van der Waals surface area contributed by atoms with Crippen molar-refractivity contribution >= 4 is 11.3 Å². The molecule has 3 rings (SSSR count). The minimum Gasteiger partial charge on any atom is -0.372 e. The normalized spacial score (nSPS) is 26.7. The maximum Gasteiger partial charge on any atom is 0.0962 e. The molecule has 1 aromatic heterocycles. The van der Waals surface area contributed by atoms with Crippen molar-refractivity contribution in [2.45, 2.75) is 25.4 Å². The molecule has 4 heteroatoms. The van der Waals surface area contributed by atoms with Crippen LogP contribution in [0, 0.1) is 0 Å². The Hall–Kier alpha value is -0.420. The van der Waals surface area contributed by atoms with Crippen molar-refractivity contribution in [2.75, 3.05) is 46.4 Å². The summed E-state index contributed by atoms with van der Waals surface area (Å²) < 4.78 is 6.15. The lowest BCUT2D eigenvalue weighted by Crippen LogP contribution is -2.46. The molecule has 2 aliphatic rings. The summed E-state index contributed by atoms with van der Waals surface area (Å²) in [5.41, 5.74) is 1.46. The lowest BCUT2D eigenvalue weighted by molar-refractivity contribution is 0.0106. The molecular formula is C15H24N2OS. The molecule has 106 valence electrons. The molecule has 0 saturated carbocycles. The van der Waals surface area contributed by atoms with Crippen LogP contribution in [0.2, 0.25) is 0 Å². The molecular weight excluding hydrogens is 256 g/mol. The molecule has 2 aliphatic heterocycles.